The van der Waals surface area contributed by atoms with Crippen LogP contribution in [0.5, 0.6) is 11.5 Å². The molecule has 0 atom stereocenters. The number of fused-ring (bicyclic) bond motifs is 1. The fourth-order valence-electron chi connectivity index (χ4n) is 2.06. The van der Waals surface area contributed by atoms with Crippen molar-refractivity contribution in [3.05, 3.63) is 29.3 Å². The molecule has 1 heterocycles. The Balaban J connectivity index is 2.53. The standard InChI is InChI=1S/C13H15NO4/c1-17-11-5-8-3-4-14-10(7-13(15)16)9(8)6-12(11)18-2/h5-7,14H,3-4H2,1-2H3,(H,15,16)/b10-7-. The Hall–Kier alpha value is -2.17. The number of carboxylic acid groups (broad SMARTS) is 1. The first-order valence-electron chi connectivity index (χ1n) is 5.59. The number of ether oxygens (including phenoxy) is 2. The van der Waals surface area contributed by atoms with Crippen molar-refractivity contribution in [3.8, 4) is 11.5 Å². The Bertz CT molecular complexity index is 508. The van der Waals surface area contributed by atoms with Gasteiger partial charge in [0.25, 0.3) is 0 Å². The van der Waals surface area contributed by atoms with Crippen LogP contribution in [0.2, 0.25) is 0 Å². The van der Waals surface area contributed by atoms with E-state index in [0.717, 1.165) is 17.5 Å². The van der Waals surface area contributed by atoms with Crippen LogP contribution < -0.4 is 14.8 Å². The lowest BCUT2D eigenvalue weighted by atomic mass is 9.97. The molecule has 0 saturated heterocycles. The van der Waals surface area contributed by atoms with Gasteiger partial charge >= 0.3 is 5.97 Å². The van der Waals surface area contributed by atoms with Crippen LogP contribution in [0.1, 0.15) is 11.1 Å². The molecule has 2 N–H and O–H groups in total. The molecule has 0 fully saturated rings. The van der Waals surface area contributed by atoms with Gasteiger partial charge in [-0.2, -0.15) is 0 Å². The lowest BCUT2D eigenvalue weighted by Crippen LogP contribution is -2.23. The second kappa shape index (κ2) is 5.00. The van der Waals surface area contributed by atoms with E-state index in [1.807, 2.05) is 6.07 Å². The van der Waals surface area contributed by atoms with Crippen molar-refractivity contribution < 1.29 is 19.4 Å². The summed E-state index contributed by atoms with van der Waals surface area (Å²) in [6.07, 6.45) is 2.00. The first kappa shape index (κ1) is 12.3. The van der Waals surface area contributed by atoms with Crippen molar-refractivity contribution in [1.82, 2.24) is 5.32 Å². The monoisotopic (exact) mass is 249 g/mol. The number of benzene rings is 1. The van der Waals surface area contributed by atoms with Crippen LogP contribution in [-0.2, 0) is 11.2 Å². The van der Waals surface area contributed by atoms with Gasteiger partial charge < -0.3 is 19.9 Å². The van der Waals surface area contributed by atoms with Gasteiger partial charge in [-0.15, -0.1) is 0 Å². The van der Waals surface area contributed by atoms with E-state index in [2.05, 4.69) is 5.32 Å². The molecule has 0 aliphatic carbocycles. The molecule has 1 aliphatic rings. The fourth-order valence-corrected chi connectivity index (χ4v) is 2.06. The Morgan fingerprint density at radius 1 is 1.33 bits per heavy atom. The molecule has 0 bridgehead atoms. The van der Waals surface area contributed by atoms with Crippen molar-refractivity contribution >= 4 is 11.7 Å². The van der Waals surface area contributed by atoms with Gasteiger partial charge in [0.2, 0.25) is 0 Å². The number of carbonyl (C=O) groups is 1. The molecule has 96 valence electrons. The highest BCUT2D eigenvalue weighted by atomic mass is 16.5. The number of hydrogen-bond donors (Lipinski definition) is 2. The van der Waals surface area contributed by atoms with Gasteiger partial charge in [-0.05, 0) is 24.1 Å². The van der Waals surface area contributed by atoms with Gasteiger partial charge in [0, 0.05) is 23.9 Å². The van der Waals surface area contributed by atoms with E-state index in [9.17, 15) is 4.79 Å². The van der Waals surface area contributed by atoms with Gasteiger partial charge in [-0.1, -0.05) is 0 Å². The van der Waals surface area contributed by atoms with Gasteiger partial charge in [-0.3, -0.25) is 0 Å². The topological polar surface area (TPSA) is 67.8 Å². The fraction of sp³-hybridized carbons (Fsp3) is 0.308. The van der Waals surface area contributed by atoms with Crippen molar-refractivity contribution in [3.63, 3.8) is 0 Å². The third-order valence-corrected chi connectivity index (χ3v) is 2.88. The van der Waals surface area contributed by atoms with Crippen molar-refractivity contribution in [2.75, 3.05) is 20.8 Å². The van der Waals surface area contributed by atoms with Gasteiger partial charge in [0.05, 0.1) is 14.2 Å². The summed E-state index contributed by atoms with van der Waals surface area (Å²) in [7, 11) is 3.14. The molecule has 0 amide bonds. The Kier molecular flexibility index (Phi) is 3.41. The minimum Gasteiger partial charge on any atom is -0.493 e. The highest BCUT2D eigenvalue weighted by molar-refractivity contribution is 5.90. The van der Waals surface area contributed by atoms with Crippen LogP contribution in [0.15, 0.2) is 18.2 Å². The molecule has 0 spiro atoms. The molecule has 5 nitrogen and oxygen atoms in total. The summed E-state index contributed by atoms with van der Waals surface area (Å²) in [4.78, 5) is 10.8. The normalized spacial score (nSPS) is 15.8. The maximum absolute atomic E-state index is 10.8. The summed E-state index contributed by atoms with van der Waals surface area (Å²) in [5.74, 6) is 0.282. The third-order valence-electron chi connectivity index (χ3n) is 2.88. The van der Waals surface area contributed by atoms with Gasteiger partial charge in [0.15, 0.2) is 11.5 Å². The summed E-state index contributed by atoms with van der Waals surface area (Å²) in [5, 5.41) is 11.9. The molecule has 2 rings (SSSR count). The minimum atomic E-state index is -0.972. The summed E-state index contributed by atoms with van der Waals surface area (Å²) in [6.45, 7) is 0.710. The predicted octanol–water partition coefficient (Wildman–Crippen LogP) is 1.27. The second-order valence-electron chi connectivity index (χ2n) is 3.94. The maximum atomic E-state index is 10.8. The molecule has 0 unspecified atom stereocenters. The molecule has 1 aromatic carbocycles. The van der Waals surface area contributed by atoms with Crippen molar-refractivity contribution in [1.29, 1.82) is 0 Å². The van der Waals surface area contributed by atoms with Gasteiger partial charge in [-0.25, -0.2) is 4.79 Å². The van der Waals surface area contributed by atoms with Crippen molar-refractivity contribution in [2.45, 2.75) is 6.42 Å². The van der Waals surface area contributed by atoms with E-state index in [0.29, 0.717) is 23.7 Å². The Labute approximate surface area is 105 Å². The molecule has 0 saturated carbocycles. The molecule has 1 aliphatic heterocycles. The molecule has 5 heteroatoms. The molecule has 0 aromatic heterocycles. The summed E-state index contributed by atoms with van der Waals surface area (Å²) < 4.78 is 10.5. The zero-order chi connectivity index (χ0) is 13.1. The minimum absolute atomic E-state index is 0.594. The number of carboxylic acids is 1. The number of hydrogen-bond acceptors (Lipinski definition) is 4. The highest BCUT2D eigenvalue weighted by Crippen LogP contribution is 2.34. The molecular formula is C13H15NO4. The SMILES string of the molecule is COc1cc2c(cc1OC)/C(=C/C(=O)O)NCC2. The van der Waals surface area contributed by atoms with Crippen molar-refractivity contribution in [2.24, 2.45) is 0 Å². The first-order valence-corrected chi connectivity index (χ1v) is 5.59. The van der Waals surface area contributed by atoms with Crippen LogP contribution in [0.3, 0.4) is 0 Å². The Morgan fingerprint density at radius 3 is 2.61 bits per heavy atom. The second-order valence-corrected chi connectivity index (χ2v) is 3.94. The molecule has 0 radical (unpaired) electrons. The van der Waals surface area contributed by atoms with E-state index in [-0.39, 0.29) is 0 Å². The van der Waals surface area contributed by atoms with Crippen LogP contribution in [0, 0.1) is 0 Å². The predicted molar refractivity (Wildman–Crippen MR) is 66.9 cm³/mol. The van der Waals surface area contributed by atoms with E-state index < -0.39 is 5.97 Å². The van der Waals surface area contributed by atoms with Gasteiger partial charge in [0.1, 0.15) is 0 Å². The molecular weight excluding hydrogens is 234 g/mol. The van der Waals surface area contributed by atoms with E-state index in [4.69, 9.17) is 14.6 Å². The van der Waals surface area contributed by atoms with Crippen LogP contribution in [0.25, 0.3) is 5.70 Å². The highest BCUT2D eigenvalue weighted by Gasteiger charge is 2.18. The maximum Gasteiger partial charge on any atom is 0.330 e. The summed E-state index contributed by atoms with van der Waals surface area (Å²) in [5.41, 5.74) is 2.50. The van der Waals surface area contributed by atoms with E-state index >= 15 is 0 Å². The largest absolute Gasteiger partial charge is 0.493 e. The number of aliphatic carboxylic acids is 1. The van der Waals surface area contributed by atoms with Crippen LogP contribution in [0.4, 0.5) is 0 Å². The smallest absolute Gasteiger partial charge is 0.330 e. The summed E-state index contributed by atoms with van der Waals surface area (Å²) in [6, 6.07) is 3.69. The zero-order valence-corrected chi connectivity index (χ0v) is 10.3. The quantitative estimate of drug-likeness (QED) is 0.790. The first-order chi connectivity index (χ1) is 8.65. The Morgan fingerprint density at radius 2 is 2.00 bits per heavy atom. The molecule has 18 heavy (non-hydrogen) atoms. The lowest BCUT2D eigenvalue weighted by Gasteiger charge is -2.22. The van der Waals surface area contributed by atoms with Crippen LogP contribution in [-0.4, -0.2) is 31.8 Å². The third kappa shape index (κ3) is 2.25. The average molecular weight is 249 g/mol. The van der Waals surface area contributed by atoms with E-state index in [1.165, 1.54) is 6.08 Å². The zero-order valence-electron chi connectivity index (χ0n) is 10.3. The number of nitrogens with one attached hydrogen (secondary N) is 1. The van der Waals surface area contributed by atoms with E-state index in [1.54, 1.807) is 20.3 Å². The number of rotatable bonds is 3. The molecule has 1 aromatic rings. The summed E-state index contributed by atoms with van der Waals surface area (Å²) >= 11 is 0. The van der Waals surface area contributed by atoms with Crippen LogP contribution >= 0.6 is 0 Å². The lowest BCUT2D eigenvalue weighted by molar-refractivity contribution is -0.131. The number of methoxy groups -OCH3 is 2. The average Bonchev–Trinajstić information content (AvgIpc) is 2.37.